The molecule has 1 fully saturated rings. The van der Waals surface area contributed by atoms with Gasteiger partial charge in [0, 0.05) is 38.9 Å². The van der Waals surface area contributed by atoms with Gasteiger partial charge in [0.05, 0.1) is 6.61 Å². The van der Waals surface area contributed by atoms with Crippen molar-refractivity contribution in [2.45, 2.75) is 13.8 Å². The summed E-state index contributed by atoms with van der Waals surface area (Å²) in [6.07, 6.45) is 1.83. The molecule has 0 aromatic carbocycles. The van der Waals surface area contributed by atoms with Crippen LogP contribution in [-0.4, -0.2) is 55.8 Å². The Kier molecular flexibility index (Phi) is 5.61. The van der Waals surface area contributed by atoms with Crippen LogP contribution in [-0.2, 0) is 0 Å². The van der Waals surface area contributed by atoms with Crippen molar-refractivity contribution in [3.63, 3.8) is 0 Å². The van der Waals surface area contributed by atoms with Gasteiger partial charge in [0.15, 0.2) is 11.6 Å². The van der Waals surface area contributed by atoms with Gasteiger partial charge in [-0.25, -0.2) is 4.98 Å². The van der Waals surface area contributed by atoms with Crippen molar-refractivity contribution in [1.82, 2.24) is 9.88 Å². The van der Waals surface area contributed by atoms with Gasteiger partial charge in [0.25, 0.3) is 0 Å². The summed E-state index contributed by atoms with van der Waals surface area (Å²) in [5.74, 6) is 2.43. The Labute approximate surface area is 121 Å². The number of nitrogens with zero attached hydrogens (tertiary/aromatic N) is 3. The van der Waals surface area contributed by atoms with Crippen LogP contribution < -0.4 is 15.4 Å². The van der Waals surface area contributed by atoms with Gasteiger partial charge in [-0.15, -0.1) is 0 Å². The van der Waals surface area contributed by atoms with Gasteiger partial charge in [-0.3, -0.25) is 4.90 Å². The fraction of sp³-hybridized carbons (Fsp3) is 0.667. The maximum atomic E-state index is 5.70. The molecule has 0 aliphatic carbocycles. The summed E-state index contributed by atoms with van der Waals surface area (Å²) in [5.41, 5.74) is 5.70. The number of pyridine rings is 1. The number of rotatable bonds is 6. The lowest BCUT2D eigenvalue weighted by molar-refractivity contribution is 0.226. The van der Waals surface area contributed by atoms with Crippen LogP contribution in [0.5, 0.6) is 5.75 Å². The minimum Gasteiger partial charge on any atom is -0.490 e. The van der Waals surface area contributed by atoms with Gasteiger partial charge in [-0.1, -0.05) is 6.92 Å². The number of ether oxygens (including phenoxy) is 1. The summed E-state index contributed by atoms with van der Waals surface area (Å²) in [6, 6.07) is 3.92. The zero-order valence-electron chi connectivity index (χ0n) is 12.6. The maximum absolute atomic E-state index is 5.70. The molecular weight excluding hydrogens is 252 g/mol. The Bertz CT molecular complexity index is 405. The Morgan fingerprint density at radius 3 is 2.75 bits per heavy atom. The van der Waals surface area contributed by atoms with Crippen molar-refractivity contribution >= 4 is 5.82 Å². The fourth-order valence-corrected chi connectivity index (χ4v) is 2.55. The van der Waals surface area contributed by atoms with E-state index in [0.717, 1.165) is 50.8 Å². The number of hydrogen-bond acceptors (Lipinski definition) is 5. The van der Waals surface area contributed by atoms with E-state index in [1.807, 2.05) is 25.3 Å². The Hall–Kier alpha value is -1.33. The van der Waals surface area contributed by atoms with Gasteiger partial charge >= 0.3 is 0 Å². The van der Waals surface area contributed by atoms with Gasteiger partial charge < -0.3 is 15.4 Å². The van der Waals surface area contributed by atoms with E-state index in [0.29, 0.717) is 12.5 Å². The molecule has 1 saturated heterocycles. The molecule has 1 aromatic rings. The van der Waals surface area contributed by atoms with Crippen molar-refractivity contribution in [2.24, 2.45) is 11.7 Å². The highest BCUT2D eigenvalue weighted by molar-refractivity contribution is 5.52. The molecule has 0 bridgehead atoms. The maximum Gasteiger partial charge on any atom is 0.171 e. The quantitative estimate of drug-likeness (QED) is 0.847. The third kappa shape index (κ3) is 3.84. The molecule has 1 atom stereocenters. The first kappa shape index (κ1) is 15.1. The lowest BCUT2D eigenvalue weighted by atomic mass is 10.1. The summed E-state index contributed by atoms with van der Waals surface area (Å²) in [7, 11) is 0. The molecule has 0 radical (unpaired) electrons. The Morgan fingerprint density at radius 1 is 1.35 bits per heavy atom. The van der Waals surface area contributed by atoms with E-state index in [-0.39, 0.29) is 0 Å². The van der Waals surface area contributed by atoms with Gasteiger partial charge in [0.1, 0.15) is 0 Å². The molecule has 5 nitrogen and oxygen atoms in total. The van der Waals surface area contributed by atoms with Gasteiger partial charge in [-0.05, 0) is 31.5 Å². The molecule has 20 heavy (non-hydrogen) atoms. The molecule has 0 spiro atoms. The molecule has 1 aromatic heterocycles. The van der Waals surface area contributed by atoms with Gasteiger partial charge in [0.2, 0.25) is 0 Å². The first-order valence-corrected chi connectivity index (χ1v) is 7.49. The summed E-state index contributed by atoms with van der Waals surface area (Å²) in [6.45, 7) is 10.8. The molecule has 0 saturated carbocycles. The topological polar surface area (TPSA) is 54.6 Å². The third-order valence-corrected chi connectivity index (χ3v) is 3.69. The normalized spacial score (nSPS) is 18.1. The lowest BCUT2D eigenvalue weighted by Gasteiger charge is -2.36. The summed E-state index contributed by atoms with van der Waals surface area (Å²) in [4.78, 5) is 9.28. The molecule has 0 amide bonds. The minimum atomic E-state index is 0.565. The predicted molar refractivity (Wildman–Crippen MR) is 82.3 cm³/mol. The van der Waals surface area contributed by atoms with E-state index in [4.69, 9.17) is 10.5 Å². The molecule has 2 heterocycles. The average Bonchev–Trinajstić information content (AvgIpc) is 2.49. The average molecular weight is 278 g/mol. The standard InChI is InChI=1S/C15H26N4O/c1-3-20-14-5-4-6-17-15(14)19-9-7-18(8-10-19)12-13(2)11-16/h4-6,13H,3,7-12,16H2,1-2H3. The molecule has 2 rings (SSSR count). The third-order valence-electron chi connectivity index (χ3n) is 3.69. The monoisotopic (exact) mass is 278 g/mol. The number of anilines is 1. The SMILES string of the molecule is CCOc1cccnc1N1CCN(CC(C)CN)CC1. The van der Waals surface area contributed by atoms with Crippen LogP contribution in [0.2, 0.25) is 0 Å². The molecule has 5 heteroatoms. The lowest BCUT2D eigenvalue weighted by Crippen LogP contribution is -2.48. The second-order valence-electron chi connectivity index (χ2n) is 5.39. The van der Waals surface area contributed by atoms with Gasteiger partial charge in [-0.2, -0.15) is 0 Å². The number of nitrogens with two attached hydrogens (primary N) is 1. The second kappa shape index (κ2) is 7.45. The Balaban J connectivity index is 1.93. The van der Waals surface area contributed by atoms with Crippen LogP contribution >= 0.6 is 0 Å². The van der Waals surface area contributed by atoms with Crippen LogP contribution in [0.1, 0.15) is 13.8 Å². The van der Waals surface area contributed by atoms with E-state index >= 15 is 0 Å². The zero-order valence-corrected chi connectivity index (χ0v) is 12.6. The fourth-order valence-electron chi connectivity index (χ4n) is 2.55. The molecule has 2 N–H and O–H groups in total. The first-order chi connectivity index (χ1) is 9.74. The number of aromatic nitrogens is 1. The highest BCUT2D eigenvalue weighted by atomic mass is 16.5. The number of hydrogen-bond donors (Lipinski definition) is 1. The molecule has 112 valence electrons. The largest absolute Gasteiger partial charge is 0.490 e. The number of piperazine rings is 1. The summed E-state index contributed by atoms with van der Waals surface area (Å²) < 4.78 is 5.66. The van der Waals surface area contributed by atoms with Crippen LogP contribution in [0.4, 0.5) is 5.82 Å². The van der Waals surface area contributed by atoms with Crippen molar-refractivity contribution < 1.29 is 4.74 Å². The van der Waals surface area contributed by atoms with Crippen molar-refractivity contribution in [2.75, 3.05) is 50.8 Å². The summed E-state index contributed by atoms with van der Waals surface area (Å²) in [5, 5.41) is 0. The van der Waals surface area contributed by atoms with Crippen LogP contribution in [0.25, 0.3) is 0 Å². The Morgan fingerprint density at radius 2 is 2.10 bits per heavy atom. The highest BCUT2D eigenvalue weighted by Gasteiger charge is 2.21. The van der Waals surface area contributed by atoms with Crippen LogP contribution in [0, 0.1) is 5.92 Å². The van der Waals surface area contributed by atoms with E-state index in [1.54, 1.807) is 0 Å². The molecule has 1 unspecified atom stereocenters. The van der Waals surface area contributed by atoms with Crippen molar-refractivity contribution in [1.29, 1.82) is 0 Å². The van der Waals surface area contributed by atoms with Crippen molar-refractivity contribution in [3.05, 3.63) is 18.3 Å². The van der Waals surface area contributed by atoms with Crippen molar-refractivity contribution in [3.8, 4) is 5.75 Å². The first-order valence-electron chi connectivity index (χ1n) is 7.49. The van der Waals surface area contributed by atoms with E-state index in [2.05, 4.69) is 21.7 Å². The van der Waals surface area contributed by atoms with Crippen LogP contribution in [0.15, 0.2) is 18.3 Å². The van der Waals surface area contributed by atoms with E-state index in [9.17, 15) is 0 Å². The minimum absolute atomic E-state index is 0.565. The van der Waals surface area contributed by atoms with Crippen LogP contribution in [0.3, 0.4) is 0 Å². The van der Waals surface area contributed by atoms with E-state index in [1.165, 1.54) is 0 Å². The van der Waals surface area contributed by atoms with E-state index < -0.39 is 0 Å². The molecule has 1 aliphatic heterocycles. The molecule has 1 aliphatic rings. The second-order valence-corrected chi connectivity index (χ2v) is 5.39. The highest BCUT2D eigenvalue weighted by Crippen LogP contribution is 2.26. The smallest absolute Gasteiger partial charge is 0.171 e. The summed E-state index contributed by atoms with van der Waals surface area (Å²) >= 11 is 0. The molecular formula is C15H26N4O. The zero-order chi connectivity index (χ0) is 14.4. The predicted octanol–water partition coefficient (Wildman–Crippen LogP) is 1.20.